The first-order valence-electron chi connectivity index (χ1n) is 6.22. The lowest BCUT2D eigenvalue weighted by atomic mass is 9.74. The lowest BCUT2D eigenvalue weighted by molar-refractivity contribution is 0.241. The van der Waals surface area contributed by atoms with E-state index in [-0.39, 0.29) is 5.54 Å². The molecule has 0 atom stereocenters. The molecule has 2 N–H and O–H groups in total. The Bertz CT molecular complexity index is 395. The highest BCUT2D eigenvalue weighted by atomic mass is 19.2. The summed E-state index contributed by atoms with van der Waals surface area (Å²) in [6.45, 7) is 2.21. The molecule has 0 unspecified atom stereocenters. The monoisotopic (exact) mass is 239 g/mol. The SMILES string of the molecule is CC1CCC(N)(Cc2cccc(F)c2F)CC1. The fraction of sp³-hybridized carbons (Fsp3) is 0.571. The molecule has 1 aliphatic rings. The van der Waals surface area contributed by atoms with Gasteiger partial charge in [0.05, 0.1) is 0 Å². The van der Waals surface area contributed by atoms with Gasteiger partial charge in [-0.05, 0) is 49.7 Å². The van der Waals surface area contributed by atoms with Crippen LogP contribution in [-0.2, 0) is 6.42 Å². The van der Waals surface area contributed by atoms with E-state index in [1.165, 1.54) is 0 Å². The molecule has 0 radical (unpaired) electrons. The summed E-state index contributed by atoms with van der Waals surface area (Å²) in [6, 6.07) is 4.32. The molecule has 0 amide bonds. The highest BCUT2D eigenvalue weighted by Gasteiger charge is 2.31. The number of hydrogen-bond donors (Lipinski definition) is 1. The van der Waals surface area contributed by atoms with Crippen molar-refractivity contribution in [1.29, 1.82) is 0 Å². The second-order valence-corrected chi connectivity index (χ2v) is 5.43. The van der Waals surface area contributed by atoms with Crippen LogP contribution in [0.15, 0.2) is 18.2 Å². The van der Waals surface area contributed by atoms with Crippen LogP contribution in [0, 0.1) is 17.6 Å². The molecule has 17 heavy (non-hydrogen) atoms. The van der Waals surface area contributed by atoms with Crippen LogP contribution in [-0.4, -0.2) is 5.54 Å². The third-order valence-electron chi connectivity index (χ3n) is 3.84. The summed E-state index contributed by atoms with van der Waals surface area (Å²) >= 11 is 0. The van der Waals surface area contributed by atoms with E-state index in [4.69, 9.17) is 5.73 Å². The standard InChI is InChI=1S/C14H19F2N/c1-10-5-7-14(17,8-6-10)9-11-3-2-4-12(15)13(11)16/h2-4,10H,5-9,17H2,1H3. The second-order valence-electron chi connectivity index (χ2n) is 5.43. The molecule has 3 heteroatoms. The van der Waals surface area contributed by atoms with Gasteiger partial charge in [-0.3, -0.25) is 0 Å². The van der Waals surface area contributed by atoms with Crippen LogP contribution in [0.3, 0.4) is 0 Å². The maximum absolute atomic E-state index is 13.6. The molecule has 1 aromatic carbocycles. The molecule has 0 heterocycles. The largest absolute Gasteiger partial charge is 0.325 e. The van der Waals surface area contributed by atoms with Crippen LogP contribution in [0.2, 0.25) is 0 Å². The van der Waals surface area contributed by atoms with Gasteiger partial charge in [-0.25, -0.2) is 8.78 Å². The third kappa shape index (κ3) is 2.83. The number of benzene rings is 1. The van der Waals surface area contributed by atoms with E-state index in [1.807, 2.05) is 0 Å². The predicted molar refractivity (Wildman–Crippen MR) is 64.6 cm³/mol. The zero-order chi connectivity index (χ0) is 12.5. The molecule has 1 aromatic rings. The molecule has 0 saturated heterocycles. The topological polar surface area (TPSA) is 26.0 Å². The average Bonchev–Trinajstić information content (AvgIpc) is 2.30. The molecular weight excluding hydrogens is 220 g/mol. The Kier molecular flexibility index (Phi) is 3.48. The van der Waals surface area contributed by atoms with Gasteiger partial charge in [0.2, 0.25) is 0 Å². The molecule has 0 bridgehead atoms. The number of nitrogens with two attached hydrogens (primary N) is 1. The second kappa shape index (κ2) is 4.73. The van der Waals surface area contributed by atoms with Crippen LogP contribution in [0.1, 0.15) is 38.2 Å². The smallest absolute Gasteiger partial charge is 0.162 e. The maximum atomic E-state index is 13.6. The van der Waals surface area contributed by atoms with Crippen molar-refractivity contribution in [3.05, 3.63) is 35.4 Å². The van der Waals surface area contributed by atoms with Crippen LogP contribution in [0.4, 0.5) is 8.78 Å². The Hall–Kier alpha value is -0.960. The Labute approximate surface area is 101 Å². The molecular formula is C14H19F2N. The van der Waals surface area contributed by atoms with Gasteiger partial charge in [0, 0.05) is 5.54 Å². The number of hydrogen-bond acceptors (Lipinski definition) is 1. The van der Waals surface area contributed by atoms with Crippen molar-refractivity contribution in [3.8, 4) is 0 Å². The normalized spacial score (nSPS) is 29.3. The van der Waals surface area contributed by atoms with Crippen molar-refractivity contribution < 1.29 is 8.78 Å². The summed E-state index contributed by atoms with van der Waals surface area (Å²) in [7, 11) is 0. The molecule has 0 aromatic heterocycles. The first-order chi connectivity index (χ1) is 8.00. The lowest BCUT2D eigenvalue weighted by Gasteiger charge is -2.36. The van der Waals surface area contributed by atoms with Gasteiger partial charge in [0.1, 0.15) is 0 Å². The zero-order valence-electron chi connectivity index (χ0n) is 10.2. The van der Waals surface area contributed by atoms with E-state index in [0.717, 1.165) is 31.7 Å². The van der Waals surface area contributed by atoms with Gasteiger partial charge in [-0.15, -0.1) is 0 Å². The van der Waals surface area contributed by atoms with Crippen LogP contribution in [0.5, 0.6) is 0 Å². The summed E-state index contributed by atoms with van der Waals surface area (Å²) in [5, 5.41) is 0. The van der Waals surface area contributed by atoms with Gasteiger partial charge < -0.3 is 5.73 Å². The summed E-state index contributed by atoms with van der Waals surface area (Å²) in [5.74, 6) is -0.824. The fourth-order valence-corrected chi connectivity index (χ4v) is 2.58. The highest BCUT2D eigenvalue weighted by molar-refractivity contribution is 5.21. The molecule has 0 spiro atoms. The molecule has 1 saturated carbocycles. The zero-order valence-corrected chi connectivity index (χ0v) is 10.2. The minimum Gasteiger partial charge on any atom is -0.325 e. The van der Waals surface area contributed by atoms with Crippen LogP contribution in [0.25, 0.3) is 0 Å². The molecule has 94 valence electrons. The maximum Gasteiger partial charge on any atom is 0.162 e. The highest BCUT2D eigenvalue weighted by Crippen LogP contribution is 2.33. The van der Waals surface area contributed by atoms with Gasteiger partial charge >= 0.3 is 0 Å². The van der Waals surface area contributed by atoms with E-state index in [1.54, 1.807) is 12.1 Å². The van der Waals surface area contributed by atoms with Crippen molar-refractivity contribution in [3.63, 3.8) is 0 Å². The average molecular weight is 239 g/mol. The summed E-state index contributed by atoms with van der Waals surface area (Å²) in [5.41, 5.74) is 6.33. The Balaban J connectivity index is 2.12. The Morgan fingerprint density at radius 1 is 1.29 bits per heavy atom. The quantitative estimate of drug-likeness (QED) is 0.840. The fourth-order valence-electron chi connectivity index (χ4n) is 2.58. The van der Waals surface area contributed by atoms with E-state index in [2.05, 4.69) is 6.92 Å². The van der Waals surface area contributed by atoms with E-state index in [0.29, 0.717) is 17.9 Å². The van der Waals surface area contributed by atoms with Crippen LogP contribution < -0.4 is 5.73 Å². The Morgan fingerprint density at radius 3 is 2.59 bits per heavy atom. The van der Waals surface area contributed by atoms with E-state index < -0.39 is 11.6 Å². The van der Waals surface area contributed by atoms with Crippen molar-refractivity contribution in [2.45, 2.75) is 44.6 Å². The molecule has 1 fully saturated rings. The van der Waals surface area contributed by atoms with Crippen molar-refractivity contribution in [1.82, 2.24) is 0 Å². The van der Waals surface area contributed by atoms with Gasteiger partial charge in [-0.1, -0.05) is 19.1 Å². The van der Waals surface area contributed by atoms with E-state index >= 15 is 0 Å². The third-order valence-corrected chi connectivity index (χ3v) is 3.84. The van der Waals surface area contributed by atoms with Gasteiger partial charge in [0.25, 0.3) is 0 Å². The lowest BCUT2D eigenvalue weighted by Crippen LogP contribution is -2.45. The van der Waals surface area contributed by atoms with E-state index in [9.17, 15) is 8.78 Å². The minimum absolute atomic E-state index is 0.360. The van der Waals surface area contributed by atoms with Gasteiger partial charge in [0.15, 0.2) is 11.6 Å². The molecule has 1 nitrogen and oxygen atoms in total. The first kappa shape index (κ1) is 12.5. The van der Waals surface area contributed by atoms with Crippen LogP contribution >= 0.6 is 0 Å². The van der Waals surface area contributed by atoms with Crippen molar-refractivity contribution >= 4 is 0 Å². The molecule has 0 aliphatic heterocycles. The summed E-state index contributed by atoms with van der Waals surface area (Å²) in [4.78, 5) is 0. The van der Waals surface area contributed by atoms with Gasteiger partial charge in [-0.2, -0.15) is 0 Å². The number of rotatable bonds is 2. The summed E-state index contributed by atoms with van der Waals surface area (Å²) < 4.78 is 26.7. The Morgan fingerprint density at radius 2 is 1.94 bits per heavy atom. The van der Waals surface area contributed by atoms with Crippen molar-refractivity contribution in [2.75, 3.05) is 0 Å². The predicted octanol–water partition coefficient (Wildman–Crippen LogP) is 3.41. The summed E-state index contributed by atoms with van der Waals surface area (Å²) in [6.07, 6.45) is 4.37. The number of halogens is 2. The molecule has 2 rings (SSSR count). The van der Waals surface area contributed by atoms with Crippen molar-refractivity contribution in [2.24, 2.45) is 11.7 Å². The minimum atomic E-state index is -0.782. The molecule has 1 aliphatic carbocycles. The first-order valence-corrected chi connectivity index (χ1v) is 6.22.